The third-order valence-corrected chi connectivity index (χ3v) is 6.98. The van der Waals surface area contributed by atoms with Crippen LogP contribution in [0.5, 0.6) is 0 Å². The Morgan fingerprint density at radius 1 is 0.781 bits per heavy atom. The Balaban J connectivity index is 1.46. The lowest BCUT2D eigenvalue weighted by Gasteiger charge is -2.31. The Kier molecular flexibility index (Phi) is 6.20. The lowest BCUT2D eigenvalue weighted by molar-refractivity contribution is -0.126. The van der Waals surface area contributed by atoms with Crippen LogP contribution in [0.3, 0.4) is 0 Å². The van der Waals surface area contributed by atoms with E-state index in [4.69, 9.17) is 4.74 Å². The highest BCUT2D eigenvalue weighted by Gasteiger charge is 2.62. The van der Waals surface area contributed by atoms with Crippen LogP contribution in [-0.2, 0) is 29.0 Å². The molecule has 2 fully saturated rings. The van der Waals surface area contributed by atoms with Crippen LogP contribution in [0.1, 0.15) is 42.4 Å². The summed E-state index contributed by atoms with van der Waals surface area (Å²) in [6, 6.07) is 31.1. The summed E-state index contributed by atoms with van der Waals surface area (Å²) in [7, 11) is 0. The second-order valence-corrected chi connectivity index (χ2v) is 9.25. The van der Waals surface area contributed by atoms with Gasteiger partial charge < -0.3 is 4.74 Å². The second kappa shape index (κ2) is 9.40. The van der Waals surface area contributed by atoms with Gasteiger partial charge in [0.2, 0.25) is 0 Å². The SMILES string of the molecule is O=C(C(Cc1ccccc1)N(Cc1ccccc1)Cc1ccccc1)[C@H]1OC12CCCC2. The van der Waals surface area contributed by atoms with E-state index in [9.17, 15) is 4.79 Å². The Labute approximate surface area is 191 Å². The molecule has 0 aromatic heterocycles. The van der Waals surface area contributed by atoms with Crippen molar-refractivity contribution in [2.75, 3.05) is 0 Å². The van der Waals surface area contributed by atoms with E-state index in [1.807, 2.05) is 18.2 Å². The van der Waals surface area contributed by atoms with Crippen molar-refractivity contribution in [2.24, 2.45) is 0 Å². The van der Waals surface area contributed by atoms with Crippen LogP contribution in [0.2, 0.25) is 0 Å². The van der Waals surface area contributed by atoms with E-state index >= 15 is 0 Å². The van der Waals surface area contributed by atoms with Crippen LogP contribution in [-0.4, -0.2) is 28.4 Å². The Morgan fingerprint density at radius 3 is 1.75 bits per heavy atom. The average Bonchev–Trinajstić information content (AvgIpc) is 3.34. The van der Waals surface area contributed by atoms with E-state index in [-0.39, 0.29) is 23.5 Å². The highest BCUT2D eigenvalue weighted by molar-refractivity contribution is 5.92. The third-order valence-electron chi connectivity index (χ3n) is 6.98. The van der Waals surface area contributed by atoms with Gasteiger partial charge in [-0.3, -0.25) is 9.69 Å². The average molecular weight is 426 g/mol. The molecule has 3 heteroatoms. The van der Waals surface area contributed by atoms with Gasteiger partial charge in [0.1, 0.15) is 11.7 Å². The normalized spacial score (nSPS) is 19.8. The Hall–Kier alpha value is -2.75. The van der Waals surface area contributed by atoms with Gasteiger partial charge in [0.05, 0.1) is 6.04 Å². The summed E-state index contributed by atoms with van der Waals surface area (Å²) in [5.74, 6) is 0.252. The molecule has 1 aliphatic heterocycles. The number of carbonyl (C=O) groups excluding carboxylic acids is 1. The summed E-state index contributed by atoms with van der Waals surface area (Å²) < 4.78 is 6.12. The van der Waals surface area contributed by atoms with E-state index in [2.05, 4.69) is 77.7 Å². The van der Waals surface area contributed by atoms with Crippen molar-refractivity contribution in [2.45, 2.75) is 62.9 Å². The standard InChI is InChI=1S/C29H31NO2/c31-27(28-29(32-28)18-10-11-19-29)26(20-23-12-4-1-5-13-23)30(21-24-14-6-2-7-15-24)22-25-16-8-3-9-17-25/h1-9,12-17,26,28H,10-11,18-22H2/t26?,28-/m1/s1. The molecule has 3 aromatic rings. The fourth-order valence-electron chi connectivity index (χ4n) is 5.21. The van der Waals surface area contributed by atoms with Crippen LogP contribution >= 0.6 is 0 Å². The first-order chi connectivity index (χ1) is 15.7. The maximum atomic E-state index is 13.9. The molecule has 1 heterocycles. The molecule has 1 saturated heterocycles. The maximum Gasteiger partial charge on any atom is 0.181 e. The molecule has 1 aliphatic carbocycles. The topological polar surface area (TPSA) is 32.8 Å². The predicted octanol–water partition coefficient (Wildman–Crippen LogP) is 5.58. The van der Waals surface area contributed by atoms with Gasteiger partial charge in [-0.1, -0.05) is 104 Å². The van der Waals surface area contributed by atoms with E-state index in [0.29, 0.717) is 6.42 Å². The zero-order valence-electron chi connectivity index (χ0n) is 18.5. The van der Waals surface area contributed by atoms with Gasteiger partial charge in [-0.2, -0.15) is 0 Å². The highest BCUT2D eigenvalue weighted by atomic mass is 16.6. The molecular formula is C29H31NO2. The molecule has 0 bridgehead atoms. The van der Waals surface area contributed by atoms with E-state index < -0.39 is 0 Å². The fraction of sp³-hybridized carbons (Fsp3) is 0.345. The van der Waals surface area contributed by atoms with Crippen LogP contribution in [0.15, 0.2) is 91.0 Å². The van der Waals surface area contributed by atoms with Gasteiger partial charge in [-0.15, -0.1) is 0 Å². The number of Topliss-reactive ketones (excluding diaryl/α,β-unsaturated/α-hetero) is 1. The largest absolute Gasteiger partial charge is 0.358 e. The van der Waals surface area contributed by atoms with Crippen LogP contribution in [0, 0.1) is 0 Å². The molecule has 2 atom stereocenters. The van der Waals surface area contributed by atoms with Crippen molar-refractivity contribution in [3.05, 3.63) is 108 Å². The van der Waals surface area contributed by atoms with Crippen LogP contribution in [0.25, 0.3) is 0 Å². The molecule has 1 spiro atoms. The van der Waals surface area contributed by atoms with E-state index in [1.165, 1.54) is 29.5 Å². The molecule has 1 unspecified atom stereocenters. The molecule has 164 valence electrons. The predicted molar refractivity (Wildman–Crippen MR) is 127 cm³/mol. The molecule has 2 aliphatic rings. The first-order valence-electron chi connectivity index (χ1n) is 11.8. The summed E-state index contributed by atoms with van der Waals surface area (Å²) in [4.78, 5) is 16.3. The number of ether oxygens (including phenoxy) is 1. The summed E-state index contributed by atoms with van der Waals surface area (Å²) in [6.45, 7) is 1.47. The third kappa shape index (κ3) is 4.69. The quantitative estimate of drug-likeness (QED) is 0.420. The van der Waals surface area contributed by atoms with Gasteiger partial charge in [0.15, 0.2) is 5.78 Å². The number of hydrogen-bond acceptors (Lipinski definition) is 3. The summed E-state index contributed by atoms with van der Waals surface area (Å²) in [5, 5.41) is 0. The molecule has 0 radical (unpaired) electrons. The molecular weight excluding hydrogens is 394 g/mol. The Morgan fingerprint density at radius 2 is 1.25 bits per heavy atom. The van der Waals surface area contributed by atoms with E-state index in [1.54, 1.807) is 0 Å². The van der Waals surface area contributed by atoms with Gasteiger partial charge in [-0.25, -0.2) is 0 Å². The number of benzene rings is 3. The first kappa shape index (κ1) is 21.1. The minimum atomic E-state index is -0.243. The smallest absolute Gasteiger partial charge is 0.181 e. The van der Waals surface area contributed by atoms with Gasteiger partial charge in [0.25, 0.3) is 0 Å². The lowest BCUT2D eigenvalue weighted by Crippen LogP contribution is -2.45. The number of rotatable bonds is 9. The molecule has 1 saturated carbocycles. The Bertz CT molecular complexity index is 971. The number of carbonyl (C=O) groups is 1. The molecule has 32 heavy (non-hydrogen) atoms. The molecule has 5 rings (SSSR count). The second-order valence-electron chi connectivity index (χ2n) is 9.25. The van der Waals surface area contributed by atoms with Crippen molar-refractivity contribution in [3.63, 3.8) is 0 Å². The van der Waals surface area contributed by atoms with Gasteiger partial charge in [-0.05, 0) is 36.0 Å². The lowest BCUT2D eigenvalue weighted by atomic mass is 9.92. The molecule has 3 nitrogen and oxygen atoms in total. The number of nitrogens with zero attached hydrogens (tertiary/aromatic N) is 1. The minimum absolute atomic E-state index is 0.169. The van der Waals surface area contributed by atoms with Crippen molar-refractivity contribution >= 4 is 5.78 Å². The summed E-state index contributed by atoms with van der Waals surface area (Å²) >= 11 is 0. The molecule has 0 N–H and O–H groups in total. The number of ketones is 1. The first-order valence-corrected chi connectivity index (χ1v) is 11.8. The number of epoxide rings is 1. The highest BCUT2D eigenvalue weighted by Crippen LogP contribution is 2.50. The van der Waals surface area contributed by atoms with E-state index in [0.717, 1.165) is 25.9 Å². The minimum Gasteiger partial charge on any atom is -0.358 e. The van der Waals surface area contributed by atoms with Crippen molar-refractivity contribution in [1.29, 1.82) is 0 Å². The number of hydrogen-bond donors (Lipinski definition) is 0. The van der Waals surface area contributed by atoms with Crippen molar-refractivity contribution < 1.29 is 9.53 Å². The monoisotopic (exact) mass is 425 g/mol. The summed E-state index contributed by atoms with van der Waals surface area (Å²) in [5.41, 5.74) is 3.47. The van der Waals surface area contributed by atoms with Gasteiger partial charge in [0, 0.05) is 13.1 Å². The fourth-order valence-corrected chi connectivity index (χ4v) is 5.21. The summed E-state index contributed by atoms with van der Waals surface area (Å²) in [6.07, 6.45) is 4.86. The molecule has 0 amide bonds. The van der Waals surface area contributed by atoms with Crippen LogP contribution in [0.4, 0.5) is 0 Å². The zero-order valence-corrected chi connectivity index (χ0v) is 18.5. The zero-order chi connectivity index (χ0) is 21.8. The molecule has 3 aromatic carbocycles. The van der Waals surface area contributed by atoms with Crippen molar-refractivity contribution in [1.82, 2.24) is 4.90 Å². The van der Waals surface area contributed by atoms with Crippen molar-refractivity contribution in [3.8, 4) is 0 Å². The maximum absolute atomic E-state index is 13.9. The van der Waals surface area contributed by atoms with Crippen LogP contribution < -0.4 is 0 Å². The van der Waals surface area contributed by atoms with Gasteiger partial charge >= 0.3 is 0 Å².